The monoisotopic (exact) mass is 308 g/mol. The summed E-state index contributed by atoms with van der Waals surface area (Å²) in [5.41, 5.74) is 5.98. The lowest BCUT2D eigenvalue weighted by Gasteiger charge is -2.27. The number of nitrogens with two attached hydrogens (primary N) is 1. The van der Waals surface area contributed by atoms with Gasteiger partial charge in [0.2, 0.25) is 0 Å². The maximum absolute atomic E-state index is 12.8. The smallest absolute Gasteiger partial charge is 0.268 e. The minimum Gasteiger partial charge on any atom is -0.382 e. The molecule has 0 aromatic carbocycles. The van der Waals surface area contributed by atoms with E-state index in [1.165, 1.54) is 43.4 Å². The van der Waals surface area contributed by atoms with Gasteiger partial charge in [-0.15, -0.1) is 0 Å². The molecular weight excluding hydrogens is 284 g/mol. The van der Waals surface area contributed by atoms with E-state index >= 15 is 0 Å². The van der Waals surface area contributed by atoms with Crippen LogP contribution in [0.3, 0.4) is 0 Å². The molecule has 3 rings (SSSR count). The zero-order valence-electron chi connectivity index (χ0n) is 12.6. The molecule has 116 valence electrons. The number of thiazole rings is 1. The predicted molar refractivity (Wildman–Crippen MR) is 86.8 cm³/mol. The van der Waals surface area contributed by atoms with Crippen LogP contribution in [-0.4, -0.2) is 34.4 Å². The largest absolute Gasteiger partial charge is 0.382 e. The summed E-state index contributed by atoms with van der Waals surface area (Å²) in [5.74, 6) is 0.435. The van der Waals surface area contributed by atoms with Crippen LogP contribution in [0, 0.1) is 0 Å². The number of carbonyl (C=O) groups excluding carboxylic acids is 1. The number of nitrogens with zero attached hydrogens (tertiary/aromatic N) is 2. The summed E-state index contributed by atoms with van der Waals surface area (Å²) in [6.07, 6.45) is 8.33. The molecule has 0 bridgehead atoms. The summed E-state index contributed by atoms with van der Waals surface area (Å²) in [6.45, 7) is 2.78. The number of aromatic nitrogens is 1. The normalized spacial score (nSPS) is 19.5. The molecule has 0 saturated heterocycles. The van der Waals surface area contributed by atoms with E-state index in [4.69, 9.17) is 5.73 Å². The lowest BCUT2D eigenvalue weighted by Crippen LogP contribution is -2.38. The molecule has 0 aliphatic heterocycles. The summed E-state index contributed by atoms with van der Waals surface area (Å²) in [5, 5.41) is 4.17. The SMILES string of the molecule is CCN(C(=O)c1sc(NC2CCC2)nc1N)C1CCCC1. The van der Waals surface area contributed by atoms with E-state index in [0.29, 0.717) is 22.8 Å². The fourth-order valence-corrected chi connectivity index (χ4v) is 4.11. The molecule has 1 amide bonds. The average Bonchev–Trinajstić information content (AvgIpc) is 3.04. The molecule has 3 N–H and O–H groups in total. The first-order valence-corrected chi connectivity index (χ1v) is 8.84. The standard InChI is InChI=1S/C15H24N4OS/c1-2-19(11-8-3-4-9-11)14(20)12-13(16)18-15(21-12)17-10-6-5-7-10/h10-11H,2-9,16H2,1H3,(H,17,18). The van der Waals surface area contributed by atoms with Crippen molar-refractivity contribution in [3.8, 4) is 0 Å². The van der Waals surface area contributed by atoms with Crippen LogP contribution in [0.25, 0.3) is 0 Å². The van der Waals surface area contributed by atoms with E-state index in [1.807, 2.05) is 11.8 Å². The highest BCUT2D eigenvalue weighted by Gasteiger charge is 2.29. The molecule has 0 atom stereocenters. The number of carbonyl (C=O) groups is 1. The molecule has 1 heterocycles. The number of amides is 1. The van der Waals surface area contributed by atoms with Gasteiger partial charge in [0, 0.05) is 18.6 Å². The number of nitrogen functional groups attached to an aromatic ring is 1. The third-order valence-electron chi connectivity index (χ3n) is 4.65. The number of nitrogens with one attached hydrogen (secondary N) is 1. The van der Waals surface area contributed by atoms with Gasteiger partial charge >= 0.3 is 0 Å². The molecule has 0 radical (unpaired) electrons. The zero-order valence-corrected chi connectivity index (χ0v) is 13.4. The van der Waals surface area contributed by atoms with Crippen molar-refractivity contribution in [1.82, 2.24) is 9.88 Å². The lowest BCUT2D eigenvalue weighted by molar-refractivity contribution is 0.0699. The second kappa shape index (κ2) is 6.22. The van der Waals surface area contributed by atoms with Crippen molar-refractivity contribution in [3.05, 3.63) is 4.88 Å². The Morgan fingerprint density at radius 2 is 2.05 bits per heavy atom. The first kappa shape index (κ1) is 14.6. The Labute approximate surface area is 129 Å². The van der Waals surface area contributed by atoms with Crippen molar-refractivity contribution in [2.24, 2.45) is 0 Å². The fraction of sp³-hybridized carbons (Fsp3) is 0.733. The van der Waals surface area contributed by atoms with E-state index in [0.717, 1.165) is 24.5 Å². The van der Waals surface area contributed by atoms with Crippen molar-refractivity contribution >= 4 is 28.2 Å². The molecule has 2 aliphatic carbocycles. The second-order valence-electron chi connectivity index (χ2n) is 6.03. The quantitative estimate of drug-likeness (QED) is 0.877. The van der Waals surface area contributed by atoms with E-state index in [1.54, 1.807) is 0 Å². The predicted octanol–water partition coefficient (Wildman–Crippen LogP) is 3.09. The van der Waals surface area contributed by atoms with Crippen molar-refractivity contribution in [1.29, 1.82) is 0 Å². The summed E-state index contributed by atoms with van der Waals surface area (Å²) in [7, 11) is 0. The average molecular weight is 308 g/mol. The molecule has 2 aliphatic rings. The Morgan fingerprint density at radius 1 is 1.33 bits per heavy atom. The van der Waals surface area contributed by atoms with Crippen LogP contribution in [-0.2, 0) is 0 Å². The third-order valence-corrected chi connectivity index (χ3v) is 5.64. The zero-order chi connectivity index (χ0) is 14.8. The first-order chi connectivity index (χ1) is 10.2. The molecular formula is C15H24N4OS. The minimum atomic E-state index is 0.0565. The van der Waals surface area contributed by atoms with Gasteiger partial charge in [-0.25, -0.2) is 4.98 Å². The molecule has 1 aromatic heterocycles. The molecule has 2 fully saturated rings. The highest BCUT2D eigenvalue weighted by Crippen LogP contribution is 2.32. The van der Waals surface area contributed by atoms with Crippen LogP contribution < -0.4 is 11.1 Å². The molecule has 21 heavy (non-hydrogen) atoms. The number of hydrogen-bond donors (Lipinski definition) is 2. The summed E-state index contributed by atoms with van der Waals surface area (Å²) in [6, 6.07) is 0.891. The maximum Gasteiger partial charge on any atom is 0.268 e. The van der Waals surface area contributed by atoms with E-state index in [2.05, 4.69) is 10.3 Å². The van der Waals surface area contributed by atoms with Crippen molar-refractivity contribution in [2.45, 2.75) is 64.0 Å². The molecule has 0 spiro atoms. The molecule has 1 aromatic rings. The first-order valence-electron chi connectivity index (χ1n) is 8.03. The number of hydrogen-bond acceptors (Lipinski definition) is 5. The van der Waals surface area contributed by atoms with Gasteiger partial charge in [0.1, 0.15) is 10.7 Å². The number of rotatable bonds is 5. The van der Waals surface area contributed by atoms with Crippen LogP contribution in [0.4, 0.5) is 10.9 Å². The van der Waals surface area contributed by atoms with Crippen LogP contribution in [0.2, 0.25) is 0 Å². The summed E-state index contributed by atoms with van der Waals surface area (Å²) in [4.78, 5) is 19.7. The molecule has 2 saturated carbocycles. The van der Waals surface area contributed by atoms with Gasteiger partial charge in [-0.05, 0) is 39.0 Å². The lowest BCUT2D eigenvalue weighted by atomic mass is 9.93. The highest BCUT2D eigenvalue weighted by molar-refractivity contribution is 7.18. The molecule has 6 heteroatoms. The topological polar surface area (TPSA) is 71.2 Å². The van der Waals surface area contributed by atoms with Gasteiger partial charge in [-0.2, -0.15) is 0 Å². The highest BCUT2D eigenvalue weighted by atomic mass is 32.1. The van der Waals surface area contributed by atoms with Crippen molar-refractivity contribution in [3.63, 3.8) is 0 Å². The minimum absolute atomic E-state index is 0.0565. The molecule has 5 nitrogen and oxygen atoms in total. The Kier molecular flexibility index (Phi) is 4.33. The van der Waals surface area contributed by atoms with Crippen LogP contribution in [0.1, 0.15) is 61.5 Å². The van der Waals surface area contributed by atoms with E-state index < -0.39 is 0 Å². The Morgan fingerprint density at radius 3 is 2.62 bits per heavy atom. The van der Waals surface area contributed by atoms with Crippen molar-refractivity contribution < 1.29 is 4.79 Å². The maximum atomic E-state index is 12.8. The van der Waals surface area contributed by atoms with Gasteiger partial charge < -0.3 is 16.0 Å². The van der Waals surface area contributed by atoms with Crippen LogP contribution >= 0.6 is 11.3 Å². The van der Waals surface area contributed by atoms with Crippen LogP contribution in [0.5, 0.6) is 0 Å². The van der Waals surface area contributed by atoms with Gasteiger partial charge in [-0.1, -0.05) is 24.2 Å². The Balaban J connectivity index is 1.72. The van der Waals surface area contributed by atoms with Crippen molar-refractivity contribution in [2.75, 3.05) is 17.6 Å². The third kappa shape index (κ3) is 3.00. The Bertz CT molecular complexity index is 506. The van der Waals surface area contributed by atoms with Gasteiger partial charge in [0.15, 0.2) is 5.13 Å². The molecule has 0 unspecified atom stereocenters. The fourth-order valence-electron chi connectivity index (χ4n) is 3.19. The van der Waals surface area contributed by atoms with Gasteiger partial charge in [0.05, 0.1) is 0 Å². The van der Waals surface area contributed by atoms with Gasteiger partial charge in [-0.3, -0.25) is 4.79 Å². The van der Waals surface area contributed by atoms with E-state index in [9.17, 15) is 4.79 Å². The summed E-state index contributed by atoms with van der Waals surface area (Å²) < 4.78 is 0. The van der Waals surface area contributed by atoms with E-state index in [-0.39, 0.29) is 5.91 Å². The number of anilines is 2. The Hall–Kier alpha value is -1.30. The van der Waals surface area contributed by atoms with Gasteiger partial charge in [0.25, 0.3) is 5.91 Å². The second-order valence-corrected chi connectivity index (χ2v) is 7.03. The van der Waals surface area contributed by atoms with Crippen LogP contribution in [0.15, 0.2) is 0 Å². The summed E-state index contributed by atoms with van der Waals surface area (Å²) >= 11 is 1.41.